The number of carboxylic acid groups (broad SMARTS) is 1. The Morgan fingerprint density at radius 1 is 1.08 bits per heavy atom. The number of hydrogen-bond donors (Lipinski definition) is 6. The van der Waals surface area contributed by atoms with Crippen LogP contribution < -0.4 is 21.7 Å². The number of rotatable bonds is 10. The molecular weight excluding hydrogens is 320 g/mol. The normalized spacial score (nSPS) is 15.5. The van der Waals surface area contributed by atoms with Crippen molar-refractivity contribution >= 4 is 23.7 Å². The van der Waals surface area contributed by atoms with Crippen molar-refractivity contribution in [3.8, 4) is 0 Å². The lowest BCUT2D eigenvalue weighted by atomic mass is 9.99. The molecule has 7 N–H and O–H groups in total. The van der Waals surface area contributed by atoms with Crippen LogP contribution in [0, 0.1) is 5.92 Å². The summed E-state index contributed by atoms with van der Waals surface area (Å²) in [7, 11) is 0. The quantitative estimate of drug-likeness (QED) is 0.255. The highest BCUT2D eigenvalue weighted by Gasteiger charge is 2.26. The molecule has 3 amide bonds. The van der Waals surface area contributed by atoms with Crippen molar-refractivity contribution in [3.63, 3.8) is 0 Å². The molecule has 4 atom stereocenters. The van der Waals surface area contributed by atoms with E-state index in [2.05, 4.69) is 16.0 Å². The second kappa shape index (κ2) is 10.6. The van der Waals surface area contributed by atoms with Gasteiger partial charge in [-0.15, -0.1) is 0 Å². The number of aliphatic hydroxyl groups is 1. The Hall–Kier alpha value is -2.20. The first-order valence-corrected chi connectivity index (χ1v) is 7.60. The molecule has 10 heteroatoms. The van der Waals surface area contributed by atoms with Gasteiger partial charge in [-0.2, -0.15) is 0 Å². The Morgan fingerprint density at radius 3 is 2.12 bits per heavy atom. The van der Waals surface area contributed by atoms with Crippen LogP contribution in [0.1, 0.15) is 27.2 Å². The van der Waals surface area contributed by atoms with E-state index in [1.807, 2.05) is 0 Å². The van der Waals surface area contributed by atoms with E-state index < -0.39 is 55.0 Å². The molecule has 0 aliphatic carbocycles. The summed E-state index contributed by atoms with van der Waals surface area (Å²) < 4.78 is 0. The summed E-state index contributed by atoms with van der Waals surface area (Å²) in [6.07, 6.45) is 0.567. The minimum Gasteiger partial charge on any atom is -0.480 e. The molecule has 0 heterocycles. The van der Waals surface area contributed by atoms with E-state index in [-0.39, 0.29) is 5.92 Å². The predicted octanol–water partition coefficient (Wildman–Crippen LogP) is -2.46. The van der Waals surface area contributed by atoms with E-state index in [0.29, 0.717) is 6.42 Å². The third-order valence-corrected chi connectivity index (χ3v) is 3.50. The molecule has 0 aliphatic heterocycles. The van der Waals surface area contributed by atoms with Gasteiger partial charge in [0.2, 0.25) is 17.7 Å². The van der Waals surface area contributed by atoms with Crippen LogP contribution >= 0.6 is 0 Å². The molecule has 0 rings (SSSR count). The van der Waals surface area contributed by atoms with E-state index in [4.69, 9.17) is 15.9 Å². The van der Waals surface area contributed by atoms with Crippen LogP contribution in [-0.2, 0) is 19.2 Å². The van der Waals surface area contributed by atoms with Gasteiger partial charge in [0.15, 0.2) is 0 Å². The van der Waals surface area contributed by atoms with Crippen LogP contribution in [0.15, 0.2) is 0 Å². The van der Waals surface area contributed by atoms with Crippen molar-refractivity contribution in [1.82, 2.24) is 16.0 Å². The minimum absolute atomic E-state index is 0.264. The molecule has 0 fully saturated rings. The zero-order valence-electron chi connectivity index (χ0n) is 14.0. The third kappa shape index (κ3) is 7.38. The minimum atomic E-state index is -1.15. The molecule has 0 saturated heterocycles. The molecule has 0 aromatic heterocycles. The Bertz CT molecular complexity index is 470. The number of aliphatic carboxylic acids is 1. The fraction of sp³-hybridized carbons (Fsp3) is 0.714. The summed E-state index contributed by atoms with van der Waals surface area (Å²) >= 11 is 0. The fourth-order valence-corrected chi connectivity index (χ4v) is 1.70. The van der Waals surface area contributed by atoms with E-state index in [0.717, 1.165) is 0 Å². The van der Waals surface area contributed by atoms with Crippen LogP contribution in [-0.4, -0.2) is 65.2 Å². The van der Waals surface area contributed by atoms with Crippen molar-refractivity contribution in [1.29, 1.82) is 0 Å². The van der Waals surface area contributed by atoms with Crippen molar-refractivity contribution in [2.75, 3.05) is 13.2 Å². The van der Waals surface area contributed by atoms with Gasteiger partial charge in [-0.25, -0.2) is 4.79 Å². The van der Waals surface area contributed by atoms with Gasteiger partial charge in [0.05, 0.1) is 13.2 Å². The van der Waals surface area contributed by atoms with Gasteiger partial charge in [-0.05, 0) is 12.8 Å². The molecule has 0 aromatic carbocycles. The van der Waals surface area contributed by atoms with Crippen molar-refractivity contribution in [2.24, 2.45) is 11.7 Å². The van der Waals surface area contributed by atoms with Crippen LogP contribution in [0.25, 0.3) is 0 Å². The lowest BCUT2D eigenvalue weighted by Crippen LogP contribution is -2.53. The standard InChI is InChI=1S/C14H26N4O6/c1-4-7(2)11(14(23)24)18-10(20)5-16-12(21)8(3)17-13(22)9(15)6-19/h7-9,11,19H,4-6,15H2,1-3H3,(H,16,21)(H,17,22)(H,18,20)(H,23,24). The van der Waals surface area contributed by atoms with Crippen LogP contribution in [0.2, 0.25) is 0 Å². The number of hydrogen-bond acceptors (Lipinski definition) is 6. The fourth-order valence-electron chi connectivity index (χ4n) is 1.70. The largest absolute Gasteiger partial charge is 0.480 e. The maximum atomic E-state index is 11.8. The van der Waals surface area contributed by atoms with Crippen molar-refractivity contribution < 1.29 is 29.4 Å². The van der Waals surface area contributed by atoms with Crippen LogP contribution in [0.5, 0.6) is 0 Å². The lowest BCUT2D eigenvalue weighted by Gasteiger charge is -2.20. The molecule has 4 unspecified atom stereocenters. The van der Waals surface area contributed by atoms with Gasteiger partial charge in [-0.3, -0.25) is 14.4 Å². The molecule has 0 bridgehead atoms. The number of nitrogens with one attached hydrogen (secondary N) is 3. The van der Waals surface area contributed by atoms with Crippen LogP contribution in [0.3, 0.4) is 0 Å². The monoisotopic (exact) mass is 346 g/mol. The average molecular weight is 346 g/mol. The van der Waals surface area contributed by atoms with E-state index >= 15 is 0 Å². The SMILES string of the molecule is CCC(C)C(NC(=O)CNC(=O)C(C)NC(=O)C(N)CO)C(=O)O. The Kier molecular flexibility index (Phi) is 9.58. The van der Waals surface area contributed by atoms with Gasteiger partial charge in [0, 0.05) is 0 Å². The summed E-state index contributed by atoms with van der Waals surface area (Å²) in [6, 6.07) is -3.15. The highest BCUT2D eigenvalue weighted by atomic mass is 16.4. The third-order valence-electron chi connectivity index (χ3n) is 3.50. The Morgan fingerprint density at radius 2 is 1.67 bits per heavy atom. The summed E-state index contributed by atoms with van der Waals surface area (Å²) in [6.45, 7) is 3.89. The maximum absolute atomic E-state index is 11.8. The van der Waals surface area contributed by atoms with E-state index in [1.54, 1.807) is 13.8 Å². The second-order valence-corrected chi connectivity index (χ2v) is 5.51. The zero-order chi connectivity index (χ0) is 18.9. The smallest absolute Gasteiger partial charge is 0.326 e. The molecule has 24 heavy (non-hydrogen) atoms. The van der Waals surface area contributed by atoms with E-state index in [1.165, 1.54) is 6.92 Å². The highest BCUT2D eigenvalue weighted by Crippen LogP contribution is 2.07. The molecule has 0 aliphatic rings. The first-order chi connectivity index (χ1) is 11.1. The number of carbonyl (C=O) groups excluding carboxylic acids is 3. The van der Waals surface area contributed by atoms with Crippen molar-refractivity contribution in [3.05, 3.63) is 0 Å². The molecule has 138 valence electrons. The first kappa shape index (κ1) is 21.8. The molecule has 0 aromatic rings. The lowest BCUT2D eigenvalue weighted by molar-refractivity contribution is -0.143. The zero-order valence-corrected chi connectivity index (χ0v) is 14.0. The van der Waals surface area contributed by atoms with E-state index in [9.17, 15) is 19.2 Å². The predicted molar refractivity (Wildman–Crippen MR) is 84.7 cm³/mol. The molecule has 0 saturated carbocycles. The summed E-state index contributed by atoms with van der Waals surface area (Å²) in [5.74, 6) is -3.41. The van der Waals surface area contributed by atoms with Crippen molar-refractivity contribution in [2.45, 2.75) is 45.3 Å². The molecular formula is C14H26N4O6. The number of carboxylic acids is 1. The van der Waals surface area contributed by atoms with Crippen LogP contribution in [0.4, 0.5) is 0 Å². The number of aliphatic hydroxyl groups excluding tert-OH is 1. The van der Waals surface area contributed by atoms with Gasteiger partial charge in [-0.1, -0.05) is 20.3 Å². The van der Waals surface area contributed by atoms with Gasteiger partial charge in [0.1, 0.15) is 18.1 Å². The van der Waals surface area contributed by atoms with Gasteiger partial charge in [0.25, 0.3) is 0 Å². The number of carbonyl (C=O) groups is 4. The average Bonchev–Trinajstić information content (AvgIpc) is 2.55. The maximum Gasteiger partial charge on any atom is 0.326 e. The van der Waals surface area contributed by atoms with Gasteiger partial charge < -0.3 is 31.9 Å². The topological polar surface area (TPSA) is 171 Å². The Balaban J connectivity index is 4.41. The summed E-state index contributed by atoms with van der Waals surface area (Å²) in [4.78, 5) is 46.1. The second-order valence-electron chi connectivity index (χ2n) is 5.51. The summed E-state index contributed by atoms with van der Waals surface area (Å²) in [5, 5.41) is 24.7. The number of nitrogens with two attached hydrogens (primary N) is 1. The molecule has 0 spiro atoms. The molecule has 10 nitrogen and oxygen atoms in total. The Labute approximate surface area is 140 Å². The highest BCUT2D eigenvalue weighted by molar-refractivity contribution is 5.92. The first-order valence-electron chi connectivity index (χ1n) is 7.60. The summed E-state index contributed by atoms with van der Waals surface area (Å²) in [5.41, 5.74) is 5.30. The number of amides is 3. The molecule has 0 radical (unpaired) electrons. The van der Waals surface area contributed by atoms with Gasteiger partial charge >= 0.3 is 5.97 Å².